The van der Waals surface area contributed by atoms with Crippen LogP contribution >= 0.6 is 11.8 Å². The summed E-state index contributed by atoms with van der Waals surface area (Å²) < 4.78 is 10.3. The van der Waals surface area contributed by atoms with E-state index in [1.807, 2.05) is 39.5 Å². The van der Waals surface area contributed by atoms with Crippen molar-refractivity contribution in [3.8, 4) is 5.75 Å². The maximum Gasteiger partial charge on any atom is 0.119 e. The molecule has 1 rings (SSSR count). The van der Waals surface area contributed by atoms with Crippen LogP contribution in [0.2, 0.25) is 0 Å². The zero-order chi connectivity index (χ0) is 15.5. The van der Waals surface area contributed by atoms with E-state index in [9.17, 15) is 0 Å². The Labute approximate surface area is 129 Å². The summed E-state index contributed by atoms with van der Waals surface area (Å²) in [4.78, 5) is 0. The lowest BCUT2D eigenvalue weighted by Crippen LogP contribution is -2.05. The van der Waals surface area contributed by atoms with E-state index in [-0.39, 0.29) is 6.10 Å². The van der Waals surface area contributed by atoms with Gasteiger partial charge in [0, 0.05) is 12.9 Å². The molecule has 0 aliphatic carbocycles. The Bertz CT molecular complexity index is 331. The number of ether oxygens (including phenoxy) is 2. The van der Waals surface area contributed by atoms with Crippen molar-refractivity contribution in [1.29, 1.82) is 0 Å². The van der Waals surface area contributed by atoms with Gasteiger partial charge in [-0.2, -0.15) is 11.8 Å². The van der Waals surface area contributed by atoms with E-state index >= 15 is 0 Å². The number of benzene rings is 1. The molecule has 0 saturated carbocycles. The number of methoxy groups -OCH3 is 1. The minimum Gasteiger partial charge on any atom is -0.491 e. The van der Waals surface area contributed by atoms with Crippen molar-refractivity contribution in [2.75, 3.05) is 7.11 Å². The fraction of sp³-hybridized carbons (Fsp3) is 0.647. The average molecular weight is 298 g/mol. The van der Waals surface area contributed by atoms with E-state index in [0.717, 1.165) is 11.5 Å². The first-order chi connectivity index (χ1) is 9.35. The van der Waals surface area contributed by atoms with Gasteiger partial charge in [0.25, 0.3) is 0 Å². The molecule has 0 N–H and O–H groups in total. The summed E-state index contributed by atoms with van der Waals surface area (Å²) in [6, 6.07) is 8.40. The summed E-state index contributed by atoms with van der Waals surface area (Å²) in [5.41, 5.74) is 1.37. The molecule has 3 heteroatoms. The molecule has 0 bridgehead atoms. The fourth-order valence-corrected chi connectivity index (χ4v) is 1.92. The summed E-state index contributed by atoms with van der Waals surface area (Å²) in [7, 11) is 1.70. The van der Waals surface area contributed by atoms with Gasteiger partial charge >= 0.3 is 0 Å². The van der Waals surface area contributed by atoms with Crippen molar-refractivity contribution in [2.24, 2.45) is 0 Å². The number of hydrogen-bond acceptors (Lipinski definition) is 3. The second-order valence-corrected chi connectivity index (χ2v) is 7.02. The van der Waals surface area contributed by atoms with Crippen LogP contribution < -0.4 is 4.74 Å². The molecule has 0 aliphatic rings. The van der Waals surface area contributed by atoms with Crippen molar-refractivity contribution >= 4 is 11.8 Å². The Morgan fingerprint density at radius 2 is 1.40 bits per heavy atom. The lowest BCUT2D eigenvalue weighted by Gasteiger charge is -2.10. The number of thioether (sulfide) groups is 1. The van der Waals surface area contributed by atoms with Gasteiger partial charge in [-0.1, -0.05) is 26.0 Å². The second-order valence-electron chi connectivity index (χ2n) is 5.45. The monoisotopic (exact) mass is 298 g/mol. The number of rotatable bonds is 6. The Balaban J connectivity index is 0.000000621. The summed E-state index contributed by atoms with van der Waals surface area (Å²) in [6.45, 7) is 12.5. The standard InChI is InChI=1S/C13H20OS.C4H10O/c1-10(2)14-13-7-5-12(6-8-13)9-15-11(3)4;1-4(2)5-3/h5-8,10-11H,9H2,1-4H3;4H,1-3H3. The van der Waals surface area contributed by atoms with Gasteiger partial charge in [-0.15, -0.1) is 0 Å². The van der Waals surface area contributed by atoms with Gasteiger partial charge in [-0.05, 0) is 50.6 Å². The molecule has 116 valence electrons. The van der Waals surface area contributed by atoms with E-state index in [1.54, 1.807) is 7.11 Å². The van der Waals surface area contributed by atoms with Crippen molar-refractivity contribution in [3.05, 3.63) is 29.8 Å². The van der Waals surface area contributed by atoms with Crippen molar-refractivity contribution in [2.45, 2.75) is 64.8 Å². The van der Waals surface area contributed by atoms with Gasteiger partial charge in [0.15, 0.2) is 0 Å². The highest BCUT2D eigenvalue weighted by Gasteiger charge is 1.99. The molecule has 0 atom stereocenters. The normalized spacial score (nSPS) is 10.7. The topological polar surface area (TPSA) is 18.5 Å². The van der Waals surface area contributed by atoms with Crippen LogP contribution in [0.5, 0.6) is 5.75 Å². The first-order valence-electron chi connectivity index (χ1n) is 7.25. The molecular formula is C17H30O2S. The predicted octanol–water partition coefficient (Wildman–Crippen LogP) is 5.16. The van der Waals surface area contributed by atoms with Gasteiger partial charge in [0.05, 0.1) is 12.2 Å². The zero-order valence-electron chi connectivity index (χ0n) is 14.0. The van der Waals surface area contributed by atoms with Crippen molar-refractivity contribution < 1.29 is 9.47 Å². The molecule has 0 saturated heterocycles. The molecule has 0 amide bonds. The number of hydrogen-bond donors (Lipinski definition) is 0. The lowest BCUT2D eigenvalue weighted by atomic mass is 10.2. The van der Waals surface area contributed by atoms with E-state index in [4.69, 9.17) is 9.47 Å². The largest absolute Gasteiger partial charge is 0.491 e. The third kappa shape index (κ3) is 11.2. The Kier molecular flexibility index (Phi) is 10.7. The molecule has 1 aromatic rings. The van der Waals surface area contributed by atoms with Gasteiger partial charge in [-0.3, -0.25) is 0 Å². The first-order valence-corrected chi connectivity index (χ1v) is 8.30. The Morgan fingerprint density at radius 1 is 0.900 bits per heavy atom. The molecule has 0 unspecified atom stereocenters. The average Bonchev–Trinajstić information content (AvgIpc) is 2.38. The van der Waals surface area contributed by atoms with E-state index < -0.39 is 0 Å². The molecule has 0 fully saturated rings. The molecule has 1 aromatic carbocycles. The third-order valence-electron chi connectivity index (χ3n) is 2.35. The third-order valence-corrected chi connectivity index (χ3v) is 3.52. The highest BCUT2D eigenvalue weighted by molar-refractivity contribution is 7.99. The van der Waals surface area contributed by atoms with Crippen LogP contribution in [0.1, 0.15) is 47.1 Å². The summed E-state index contributed by atoms with van der Waals surface area (Å²) >= 11 is 1.96. The molecule has 20 heavy (non-hydrogen) atoms. The highest BCUT2D eigenvalue weighted by Crippen LogP contribution is 2.20. The highest BCUT2D eigenvalue weighted by atomic mass is 32.2. The van der Waals surface area contributed by atoms with Crippen molar-refractivity contribution in [1.82, 2.24) is 0 Å². The predicted molar refractivity (Wildman–Crippen MR) is 90.8 cm³/mol. The first kappa shape index (κ1) is 19.3. The molecule has 0 aromatic heterocycles. The zero-order valence-corrected chi connectivity index (χ0v) is 14.8. The minimum absolute atomic E-state index is 0.251. The van der Waals surface area contributed by atoms with Crippen LogP contribution in [-0.4, -0.2) is 24.6 Å². The second kappa shape index (κ2) is 11.0. The van der Waals surface area contributed by atoms with E-state index in [0.29, 0.717) is 11.4 Å². The van der Waals surface area contributed by atoms with E-state index in [1.165, 1.54) is 5.56 Å². The smallest absolute Gasteiger partial charge is 0.119 e. The molecule has 0 heterocycles. The van der Waals surface area contributed by atoms with Crippen LogP contribution in [0.3, 0.4) is 0 Å². The van der Waals surface area contributed by atoms with Crippen LogP contribution in [0.15, 0.2) is 24.3 Å². The molecule has 0 aliphatic heterocycles. The van der Waals surface area contributed by atoms with Gasteiger partial charge < -0.3 is 9.47 Å². The fourth-order valence-electron chi connectivity index (χ4n) is 1.20. The summed E-state index contributed by atoms with van der Waals surface area (Å²) in [5, 5.41) is 0.691. The minimum atomic E-state index is 0.251. The quantitative estimate of drug-likeness (QED) is 0.723. The summed E-state index contributed by atoms with van der Waals surface area (Å²) in [5.74, 6) is 2.04. The van der Waals surface area contributed by atoms with Crippen LogP contribution in [0, 0.1) is 0 Å². The Morgan fingerprint density at radius 3 is 1.75 bits per heavy atom. The van der Waals surface area contributed by atoms with Crippen LogP contribution in [-0.2, 0) is 10.5 Å². The molecule has 0 spiro atoms. The Hall–Kier alpha value is -0.670. The van der Waals surface area contributed by atoms with Gasteiger partial charge in [0.1, 0.15) is 5.75 Å². The van der Waals surface area contributed by atoms with Crippen LogP contribution in [0.25, 0.3) is 0 Å². The molecule has 2 nitrogen and oxygen atoms in total. The van der Waals surface area contributed by atoms with Crippen LogP contribution in [0.4, 0.5) is 0 Å². The maximum atomic E-state index is 5.59. The van der Waals surface area contributed by atoms with Gasteiger partial charge in [-0.25, -0.2) is 0 Å². The molecular weight excluding hydrogens is 268 g/mol. The SMILES string of the molecule is CC(C)Oc1ccc(CSC(C)C)cc1.COC(C)C. The lowest BCUT2D eigenvalue weighted by molar-refractivity contribution is 0.134. The summed E-state index contributed by atoms with van der Waals surface area (Å²) in [6.07, 6.45) is 0.635. The molecule has 0 radical (unpaired) electrons. The maximum absolute atomic E-state index is 5.59. The van der Waals surface area contributed by atoms with E-state index in [2.05, 4.69) is 38.1 Å². The van der Waals surface area contributed by atoms with Crippen molar-refractivity contribution in [3.63, 3.8) is 0 Å². The van der Waals surface area contributed by atoms with Gasteiger partial charge in [0.2, 0.25) is 0 Å².